The third-order valence-corrected chi connectivity index (χ3v) is 6.84. The van der Waals surface area contributed by atoms with Gasteiger partial charge in [0.25, 0.3) is 11.8 Å². The quantitative estimate of drug-likeness (QED) is 0.317. The normalized spacial score (nSPS) is 12.3. The zero-order valence-electron chi connectivity index (χ0n) is 22.8. The van der Waals surface area contributed by atoms with Gasteiger partial charge >= 0.3 is 0 Å². The highest BCUT2D eigenvalue weighted by Crippen LogP contribution is 2.34. The molecule has 2 heterocycles. The number of amides is 2. The second-order valence-corrected chi connectivity index (χ2v) is 9.25. The van der Waals surface area contributed by atoms with E-state index in [0.717, 1.165) is 16.7 Å². The van der Waals surface area contributed by atoms with Crippen LogP contribution < -0.4 is 24.3 Å². The summed E-state index contributed by atoms with van der Waals surface area (Å²) in [4.78, 5) is 28.0. The lowest BCUT2D eigenvalue weighted by molar-refractivity contribution is 0.0703. The van der Waals surface area contributed by atoms with Crippen molar-refractivity contribution in [2.24, 2.45) is 0 Å². The summed E-state index contributed by atoms with van der Waals surface area (Å²) in [7, 11) is 6.26. The fraction of sp³-hybridized carbons (Fsp3) is 0.226. The van der Waals surface area contributed by atoms with Crippen LogP contribution in [0.3, 0.4) is 0 Å². The van der Waals surface area contributed by atoms with Crippen LogP contribution in [0.15, 0.2) is 71.1 Å². The van der Waals surface area contributed by atoms with Crippen LogP contribution in [0.1, 0.15) is 32.0 Å². The van der Waals surface area contributed by atoms with Crippen LogP contribution in [0.4, 0.5) is 5.69 Å². The fourth-order valence-electron chi connectivity index (χ4n) is 4.71. The number of carbonyl (C=O) groups excluding carboxylic acids is 2. The highest BCUT2D eigenvalue weighted by atomic mass is 16.5. The molecule has 0 atom stereocenters. The smallest absolute Gasteiger partial charge is 0.289 e. The molecule has 0 spiro atoms. The van der Waals surface area contributed by atoms with Crippen LogP contribution in [0.5, 0.6) is 23.0 Å². The Bertz CT molecular complexity index is 1540. The highest BCUT2D eigenvalue weighted by Gasteiger charge is 2.26. The van der Waals surface area contributed by atoms with Gasteiger partial charge < -0.3 is 33.6 Å². The lowest BCUT2D eigenvalue weighted by Crippen LogP contribution is -2.35. The predicted octanol–water partition coefficient (Wildman–Crippen LogP) is 5.43. The zero-order chi connectivity index (χ0) is 28.2. The Balaban J connectivity index is 1.30. The van der Waals surface area contributed by atoms with Gasteiger partial charge in [0, 0.05) is 36.0 Å². The Morgan fingerprint density at radius 2 is 1.50 bits per heavy atom. The Morgan fingerprint density at radius 3 is 2.17 bits per heavy atom. The fourth-order valence-corrected chi connectivity index (χ4v) is 4.71. The van der Waals surface area contributed by atoms with E-state index in [1.807, 2.05) is 24.3 Å². The number of nitrogens with zero attached hydrogens (tertiary/aromatic N) is 1. The summed E-state index contributed by atoms with van der Waals surface area (Å²) in [5.41, 5.74) is 3.84. The van der Waals surface area contributed by atoms with Crippen LogP contribution >= 0.6 is 0 Å². The molecule has 5 rings (SSSR count). The van der Waals surface area contributed by atoms with Crippen molar-refractivity contribution in [2.45, 2.75) is 13.0 Å². The zero-order valence-corrected chi connectivity index (χ0v) is 22.8. The van der Waals surface area contributed by atoms with E-state index in [4.69, 9.17) is 23.4 Å². The van der Waals surface area contributed by atoms with Crippen LogP contribution in [-0.2, 0) is 13.0 Å². The highest BCUT2D eigenvalue weighted by molar-refractivity contribution is 6.05. The minimum absolute atomic E-state index is 0.192. The van der Waals surface area contributed by atoms with Crippen LogP contribution in [0.2, 0.25) is 0 Å². The first kappa shape index (κ1) is 26.7. The summed E-state index contributed by atoms with van der Waals surface area (Å²) in [5.74, 6) is 2.60. The molecule has 0 saturated heterocycles. The Hall–Kier alpha value is -4.92. The molecular formula is C31H30N2O7. The maximum Gasteiger partial charge on any atom is 0.289 e. The number of methoxy groups -OCH3 is 4. The average molecular weight is 543 g/mol. The molecule has 1 aliphatic heterocycles. The standard InChI is InChI=1S/C31H30N2O7/c1-36-24-13-21(14-25(17-24)37-2)30(34)32-23-7-5-6-20(12-23)26-8-9-27(40-26)31(35)33-11-10-19-15-28(38-3)29(39-4)16-22(19)18-33/h5-9,12-17H,10-11,18H2,1-4H3,(H,32,34). The van der Waals surface area contributed by atoms with E-state index in [1.54, 1.807) is 61.6 Å². The predicted molar refractivity (Wildman–Crippen MR) is 150 cm³/mol. The van der Waals surface area contributed by atoms with Gasteiger partial charge in [-0.15, -0.1) is 0 Å². The number of carbonyl (C=O) groups is 2. The first-order valence-electron chi connectivity index (χ1n) is 12.7. The number of ether oxygens (including phenoxy) is 4. The molecule has 0 unspecified atom stereocenters. The van der Waals surface area contributed by atoms with Gasteiger partial charge in [-0.2, -0.15) is 0 Å². The number of hydrogen-bond acceptors (Lipinski definition) is 7. The summed E-state index contributed by atoms with van der Waals surface area (Å²) < 4.78 is 27.3. The third kappa shape index (κ3) is 5.44. The van der Waals surface area contributed by atoms with Crippen molar-refractivity contribution in [3.05, 3.63) is 89.2 Å². The second-order valence-electron chi connectivity index (χ2n) is 9.25. The van der Waals surface area contributed by atoms with Gasteiger partial charge in [-0.25, -0.2) is 0 Å². The van der Waals surface area contributed by atoms with E-state index < -0.39 is 0 Å². The van der Waals surface area contributed by atoms with Gasteiger partial charge in [0.05, 0.1) is 28.4 Å². The van der Waals surface area contributed by atoms with Crippen molar-refractivity contribution in [1.29, 1.82) is 0 Å². The average Bonchev–Trinajstić information content (AvgIpc) is 3.50. The molecule has 1 aromatic heterocycles. The van der Waals surface area contributed by atoms with E-state index in [0.29, 0.717) is 59.5 Å². The first-order valence-corrected chi connectivity index (χ1v) is 12.7. The van der Waals surface area contributed by atoms with Crippen molar-refractivity contribution in [1.82, 2.24) is 4.90 Å². The third-order valence-electron chi connectivity index (χ3n) is 6.84. The number of fused-ring (bicyclic) bond motifs is 1. The molecule has 40 heavy (non-hydrogen) atoms. The van der Waals surface area contributed by atoms with E-state index >= 15 is 0 Å². The summed E-state index contributed by atoms with van der Waals surface area (Å²) in [5, 5.41) is 2.89. The van der Waals surface area contributed by atoms with Gasteiger partial charge in [0.1, 0.15) is 17.3 Å². The first-order chi connectivity index (χ1) is 19.4. The second kappa shape index (κ2) is 11.4. The molecule has 9 heteroatoms. The molecule has 0 bridgehead atoms. The number of rotatable bonds is 8. The largest absolute Gasteiger partial charge is 0.497 e. The monoisotopic (exact) mass is 542 g/mol. The molecule has 0 aliphatic carbocycles. The summed E-state index contributed by atoms with van der Waals surface area (Å²) in [6, 6.07) is 19.5. The van der Waals surface area contributed by atoms with Gasteiger partial charge in [-0.1, -0.05) is 12.1 Å². The molecule has 2 amide bonds. The molecule has 0 fully saturated rings. The van der Waals surface area contributed by atoms with Gasteiger partial charge in [-0.05, 0) is 66.1 Å². The van der Waals surface area contributed by atoms with E-state index in [9.17, 15) is 9.59 Å². The lowest BCUT2D eigenvalue weighted by Gasteiger charge is -2.29. The van der Waals surface area contributed by atoms with Gasteiger partial charge in [0.15, 0.2) is 17.3 Å². The summed E-state index contributed by atoms with van der Waals surface area (Å²) >= 11 is 0. The van der Waals surface area contributed by atoms with Gasteiger partial charge in [-0.3, -0.25) is 9.59 Å². The molecule has 0 radical (unpaired) electrons. The molecule has 206 valence electrons. The molecule has 1 N–H and O–H groups in total. The number of hydrogen-bond donors (Lipinski definition) is 1. The van der Waals surface area contributed by atoms with Crippen LogP contribution in [0.25, 0.3) is 11.3 Å². The van der Waals surface area contributed by atoms with Crippen molar-refractivity contribution < 1.29 is 33.0 Å². The Labute approximate surface area is 232 Å². The Kier molecular flexibility index (Phi) is 7.63. The molecule has 9 nitrogen and oxygen atoms in total. The molecule has 0 saturated carbocycles. The van der Waals surface area contributed by atoms with Crippen LogP contribution in [0, 0.1) is 0 Å². The van der Waals surface area contributed by atoms with Crippen molar-refractivity contribution in [3.8, 4) is 34.3 Å². The maximum atomic E-state index is 13.3. The molecule has 1 aliphatic rings. The molecule has 4 aromatic rings. The number of furan rings is 1. The van der Waals surface area contributed by atoms with Crippen molar-refractivity contribution in [2.75, 3.05) is 40.3 Å². The number of anilines is 1. The van der Waals surface area contributed by atoms with Crippen molar-refractivity contribution >= 4 is 17.5 Å². The van der Waals surface area contributed by atoms with E-state index in [1.165, 1.54) is 14.2 Å². The van der Waals surface area contributed by atoms with Gasteiger partial charge in [0.2, 0.25) is 0 Å². The minimum atomic E-state index is -0.315. The number of benzene rings is 3. The molecular weight excluding hydrogens is 512 g/mol. The van der Waals surface area contributed by atoms with Crippen LogP contribution in [-0.4, -0.2) is 51.7 Å². The van der Waals surface area contributed by atoms with E-state index in [-0.39, 0.29) is 17.6 Å². The van der Waals surface area contributed by atoms with E-state index in [2.05, 4.69) is 5.32 Å². The van der Waals surface area contributed by atoms with Crippen molar-refractivity contribution in [3.63, 3.8) is 0 Å². The summed E-state index contributed by atoms with van der Waals surface area (Å²) in [6.45, 7) is 1.01. The molecule has 3 aromatic carbocycles. The maximum absolute atomic E-state index is 13.3. The Morgan fingerprint density at radius 1 is 0.800 bits per heavy atom. The topological polar surface area (TPSA) is 99.5 Å². The lowest BCUT2D eigenvalue weighted by atomic mass is 9.98. The number of nitrogens with one attached hydrogen (secondary N) is 1. The summed E-state index contributed by atoms with van der Waals surface area (Å²) in [6.07, 6.45) is 0.704. The minimum Gasteiger partial charge on any atom is -0.497 e. The SMILES string of the molecule is COc1cc(OC)cc(C(=O)Nc2cccc(-c3ccc(C(=O)N4CCc5cc(OC)c(OC)cc5C4)o3)c2)c1.